The third-order valence-electron chi connectivity index (χ3n) is 6.63. The minimum Gasteiger partial charge on any atom is -0.319 e. The Morgan fingerprint density at radius 3 is 2.50 bits per heavy atom. The zero-order chi connectivity index (χ0) is 23.8. The normalized spacial score (nSPS) is 19.8. The predicted molar refractivity (Wildman–Crippen MR) is 123 cm³/mol. The summed E-state index contributed by atoms with van der Waals surface area (Å²) in [5, 5.41) is 2.85. The summed E-state index contributed by atoms with van der Waals surface area (Å²) in [4.78, 5) is 48.3. The van der Waals surface area contributed by atoms with Crippen LogP contribution in [-0.2, 0) is 0 Å². The number of nitrogens with one attached hydrogen (secondary N) is 1. The zero-order valence-corrected chi connectivity index (χ0v) is 18.6. The lowest BCUT2D eigenvalue weighted by atomic mass is 9.80. The van der Waals surface area contributed by atoms with Gasteiger partial charge in [0.05, 0.1) is 28.7 Å². The van der Waals surface area contributed by atoms with Crippen molar-refractivity contribution in [2.24, 2.45) is 0 Å². The van der Waals surface area contributed by atoms with Crippen LogP contribution in [0.4, 0.5) is 10.1 Å². The SMILES string of the molecule is Cc1nc(C(=O)Nc2cnccc2C2CCCC(N3C(=O)c4ccccc4C3=O)C2)ccc1F. The second-order valence-corrected chi connectivity index (χ2v) is 8.72. The van der Waals surface area contributed by atoms with Crippen LogP contribution in [-0.4, -0.2) is 38.6 Å². The number of aromatic nitrogens is 2. The van der Waals surface area contributed by atoms with Crippen molar-refractivity contribution in [3.63, 3.8) is 0 Å². The van der Waals surface area contributed by atoms with E-state index in [-0.39, 0.29) is 35.2 Å². The lowest BCUT2D eigenvalue weighted by molar-refractivity contribution is 0.0539. The minimum atomic E-state index is -0.472. The number of benzene rings is 1. The van der Waals surface area contributed by atoms with Gasteiger partial charge in [-0.2, -0.15) is 0 Å². The minimum absolute atomic E-state index is 0.0317. The van der Waals surface area contributed by atoms with E-state index >= 15 is 0 Å². The van der Waals surface area contributed by atoms with Crippen molar-refractivity contribution in [3.8, 4) is 0 Å². The average molecular weight is 458 g/mol. The third kappa shape index (κ3) is 3.85. The topological polar surface area (TPSA) is 92.3 Å². The summed E-state index contributed by atoms with van der Waals surface area (Å²) in [6.07, 6.45) is 6.30. The first kappa shape index (κ1) is 21.9. The first-order valence-corrected chi connectivity index (χ1v) is 11.3. The number of nitrogens with zero attached hydrogens (tertiary/aromatic N) is 3. The molecule has 0 radical (unpaired) electrons. The highest BCUT2D eigenvalue weighted by Crippen LogP contribution is 2.40. The molecule has 3 amide bonds. The molecule has 5 rings (SSSR count). The second-order valence-electron chi connectivity index (χ2n) is 8.72. The van der Waals surface area contributed by atoms with E-state index in [1.165, 1.54) is 24.0 Å². The van der Waals surface area contributed by atoms with Crippen molar-refractivity contribution in [1.29, 1.82) is 0 Å². The van der Waals surface area contributed by atoms with Gasteiger partial charge in [0.1, 0.15) is 11.5 Å². The van der Waals surface area contributed by atoms with Gasteiger partial charge in [0.15, 0.2) is 0 Å². The van der Waals surface area contributed by atoms with E-state index in [1.54, 1.807) is 36.7 Å². The van der Waals surface area contributed by atoms with E-state index < -0.39 is 11.7 Å². The predicted octanol–water partition coefficient (Wildman–Crippen LogP) is 4.50. The number of pyridine rings is 2. The summed E-state index contributed by atoms with van der Waals surface area (Å²) < 4.78 is 13.5. The molecule has 8 heteroatoms. The standard InChI is InChI=1S/C26H23FN4O3/c1-15-21(27)9-10-22(29-15)24(32)30-23-14-28-12-11-18(23)16-5-4-6-17(13-16)31-25(33)19-7-2-3-8-20(19)26(31)34/h2-3,7-12,14,16-17H,4-6,13H2,1H3,(H,30,32). The Hall–Kier alpha value is -3.94. The fraction of sp³-hybridized carbons (Fsp3) is 0.269. The van der Waals surface area contributed by atoms with Gasteiger partial charge in [0.25, 0.3) is 17.7 Å². The van der Waals surface area contributed by atoms with Crippen LogP contribution in [0.5, 0.6) is 0 Å². The van der Waals surface area contributed by atoms with Crippen LogP contribution in [0.2, 0.25) is 0 Å². The van der Waals surface area contributed by atoms with Gasteiger partial charge >= 0.3 is 0 Å². The van der Waals surface area contributed by atoms with Crippen molar-refractivity contribution in [1.82, 2.24) is 14.9 Å². The van der Waals surface area contributed by atoms with Crippen molar-refractivity contribution in [3.05, 3.63) is 88.8 Å². The Morgan fingerprint density at radius 1 is 1.06 bits per heavy atom. The number of anilines is 1. The van der Waals surface area contributed by atoms with Crippen molar-refractivity contribution in [2.75, 3.05) is 5.32 Å². The van der Waals surface area contributed by atoms with E-state index in [9.17, 15) is 18.8 Å². The number of imide groups is 1. The molecule has 0 saturated heterocycles. The third-order valence-corrected chi connectivity index (χ3v) is 6.63. The van der Waals surface area contributed by atoms with E-state index in [2.05, 4.69) is 15.3 Å². The van der Waals surface area contributed by atoms with Crippen LogP contribution in [0.3, 0.4) is 0 Å². The van der Waals surface area contributed by atoms with Gasteiger partial charge in [-0.1, -0.05) is 18.6 Å². The van der Waals surface area contributed by atoms with Gasteiger partial charge in [0, 0.05) is 12.2 Å². The van der Waals surface area contributed by atoms with E-state index in [0.717, 1.165) is 24.8 Å². The van der Waals surface area contributed by atoms with Gasteiger partial charge in [-0.05, 0) is 68.0 Å². The molecule has 0 spiro atoms. The largest absolute Gasteiger partial charge is 0.319 e. The molecular formula is C26H23FN4O3. The molecule has 1 fully saturated rings. The molecule has 0 bridgehead atoms. The molecule has 1 aliphatic carbocycles. The smallest absolute Gasteiger partial charge is 0.274 e. The molecule has 1 aliphatic heterocycles. The maximum Gasteiger partial charge on any atom is 0.274 e. The number of rotatable bonds is 4. The molecule has 2 aliphatic rings. The first-order valence-electron chi connectivity index (χ1n) is 11.3. The van der Waals surface area contributed by atoms with Gasteiger partial charge in [-0.25, -0.2) is 9.37 Å². The highest BCUT2D eigenvalue weighted by Gasteiger charge is 2.41. The maximum atomic E-state index is 13.5. The highest BCUT2D eigenvalue weighted by atomic mass is 19.1. The lowest BCUT2D eigenvalue weighted by Crippen LogP contribution is -2.42. The number of amides is 3. The fourth-order valence-corrected chi connectivity index (χ4v) is 4.94. The Bertz CT molecular complexity index is 1270. The summed E-state index contributed by atoms with van der Waals surface area (Å²) in [6, 6.07) is 11.1. The van der Waals surface area contributed by atoms with Crippen LogP contribution >= 0.6 is 0 Å². The molecule has 1 aromatic carbocycles. The van der Waals surface area contributed by atoms with Crippen molar-refractivity contribution < 1.29 is 18.8 Å². The summed E-state index contributed by atoms with van der Waals surface area (Å²) in [7, 11) is 0. The van der Waals surface area contributed by atoms with E-state index in [4.69, 9.17) is 0 Å². The van der Waals surface area contributed by atoms with Crippen LogP contribution in [0.1, 0.15) is 74.1 Å². The summed E-state index contributed by atoms with van der Waals surface area (Å²) in [5.74, 6) is -1.38. The van der Waals surface area contributed by atoms with Crippen molar-refractivity contribution >= 4 is 23.4 Å². The number of hydrogen-bond donors (Lipinski definition) is 1. The van der Waals surface area contributed by atoms with Gasteiger partial charge < -0.3 is 5.32 Å². The summed E-state index contributed by atoms with van der Waals surface area (Å²) >= 11 is 0. The number of halogens is 1. The highest BCUT2D eigenvalue weighted by molar-refractivity contribution is 6.21. The van der Waals surface area contributed by atoms with E-state index in [1.807, 2.05) is 6.07 Å². The number of carbonyl (C=O) groups is 3. The van der Waals surface area contributed by atoms with Gasteiger partial charge in [-0.15, -0.1) is 0 Å². The van der Waals surface area contributed by atoms with E-state index in [0.29, 0.717) is 23.2 Å². The van der Waals surface area contributed by atoms with Crippen molar-refractivity contribution in [2.45, 2.75) is 44.6 Å². The Balaban J connectivity index is 1.37. The Labute approximate surface area is 196 Å². The second kappa shape index (κ2) is 8.78. The number of fused-ring (bicyclic) bond motifs is 1. The average Bonchev–Trinajstić information content (AvgIpc) is 3.11. The van der Waals surface area contributed by atoms with Crippen LogP contribution < -0.4 is 5.32 Å². The summed E-state index contributed by atoms with van der Waals surface area (Å²) in [6.45, 7) is 1.50. The summed E-state index contributed by atoms with van der Waals surface area (Å²) in [5.41, 5.74) is 2.60. The number of aryl methyl sites for hydroxylation is 1. The molecule has 1 saturated carbocycles. The molecule has 1 N–H and O–H groups in total. The molecule has 172 valence electrons. The molecule has 2 aromatic heterocycles. The number of hydrogen-bond acceptors (Lipinski definition) is 5. The Morgan fingerprint density at radius 2 is 1.79 bits per heavy atom. The molecular weight excluding hydrogens is 435 g/mol. The number of carbonyl (C=O) groups excluding carboxylic acids is 3. The quantitative estimate of drug-likeness (QED) is 0.581. The molecule has 2 atom stereocenters. The lowest BCUT2D eigenvalue weighted by Gasteiger charge is -2.35. The fourth-order valence-electron chi connectivity index (χ4n) is 4.94. The molecule has 34 heavy (non-hydrogen) atoms. The molecule has 2 unspecified atom stereocenters. The molecule has 3 heterocycles. The van der Waals surface area contributed by atoms with Gasteiger partial charge in [0.2, 0.25) is 0 Å². The van der Waals surface area contributed by atoms with Crippen LogP contribution in [0.15, 0.2) is 54.9 Å². The Kier molecular flexibility index (Phi) is 5.65. The van der Waals surface area contributed by atoms with Crippen LogP contribution in [0, 0.1) is 12.7 Å². The zero-order valence-electron chi connectivity index (χ0n) is 18.6. The maximum absolute atomic E-state index is 13.5. The van der Waals surface area contributed by atoms with Gasteiger partial charge in [-0.3, -0.25) is 24.3 Å². The van der Waals surface area contributed by atoms with Crippen LogP contribution in [0.25, 0.3) is 0 Å². The first-order chi connectivity index (χ1) is 16.4. The molecule has 7 nitrogen and oxygen atoms in total. The monoisotopic (exact) mass is 458 g/mol. The molecule has 3 aromatic rings.